The number of para-hydroxylation sites is 4. The molecule has 0 N–H and O–H groups in total. The fourth-order valence-corrected chi connectivity index (χ4v) is 10.4. The SMILES string of the molecule is CC1(C)c2cc(-c3ccccc3)ccc2-c2ccc(N(c3ccccc3)c3ccc(-c4ccccc4-n4c5ccccc5c5cccc(-c6cccc(-c7ccccc7)c6)c54)cc3)cc21. The van der Waals surface area contributed by atoms with Gasteiger partial charge in [0.2, 0.25) is 0 Å². The Hall–Kier alpha value is -8.20. The standard InChI is InChI=1S/C63H46N2/c1-63(2)58-41-47(44-20-8-4-9-21-44)34-38-54(58)55-39-37-51(42-59(55)63)64(49-24-10-5-11-25-49)50-35-32-45(33-36-50)52-26-12-14-30-60(52)65-61-31-15-13-27-56(61)57-29-17-28-53(62(57)65)48-23-16-22-46(40-48)43-18-6-3-7-19-43/h3-42H,1-2H3. The first-order valence-corrected chi connectivity index (χ1v) is 22.6. The van der Waals surface area contributed by atoms with Crippen molar-refractivity contribution < 1.29 is 0 Å². The lowest BCUT2D eigenvalue weighted by Crippen LogP contribution is -2.16. The van der Waals surface area contributed by atoms with E-state index in [0.717, 1.165) is 28.3 Å². The smallest absolute Gasteiger partial charge is 0.0619 e. The average molecular weight is 831 g/mol. The van der Waals surface area contributed by atoms with Crippen LogP contribution in [-0.2, 0) is 5.41 Å². The maximum Gasteiger partial charge on any atom is 0.0619 e. The predicted octanol–water partition coefficient (Wildman–Crippen LogP) is 17.2. The molecule has 0 unspecified atom stereocenters. The molecule has 0 amide bonds. The molecule has 0 saturated heterocycles. The molecule has 0 aliphatic heterocycles. The third-order valence-electron chi connectivity index (χ3n) is 13.6. The van der Waals surface area contributed by atoms with E-state index in [1.54, 1.807) is 0 Å². The van der Waals surface area contributed by atoms with Crippen molar-refractivity contribution in [2.24, 2.45) is 0 Å². The second-order valence-corrected chi connectivity index (χ2v) is 17.7. The zero-order chi connectivity index (χ0) is 43.5. The van der Waals surface area contributed by atoms with Crippen LogP contribution >= 0.6 is 0 Å². The summed E-state index contributed by atoms with van der Waals surface area (Å²) in [5.41, 5.74) is 21.7. The maximum absolute atomic E-state index is 2.49. The van der Waals surface area contributed by atoms with Gasteiger partial charge in [-0.2, -0.15) is 0 Å². The zero-order valence-electron chi connectivity index (χ0n) is 36.5. The first kappa shape index (κ1) is 38.5. The van der Waals surface area contributed by atoms with E-state index >= 15 is 0 Å². The molecule has 0 spiro atoms. The first-order chi connectivity index (χ1) is 32.0. The molecule has 10 aromatic carbocycles. The Balaban J connectivity index is 0.958. The summed E-state index contributed by atoms with van der Waals surface area (Å²) in [4.78, 5) is 2.40. The van der Waals surface area contributed by atoms with Gasteiger partial charge in [-0.3, -0.25) is 0 Å². The second-order valence-electron chi connectivity index (χ2n) is 17.7. The van der Waals surface area contributed by atoms with Crippen LogP contribution in [0.3, 0.4) is 0 Å². The van der Waals surface area contributed by atoms with Crippen LogP contribution in [0.5, 0.6) is 0 Å². The van der Waals surface area contributed by atoms with E-state index in [2.05, 4.69) is 266 Å². The molecule has 0 atom stereocenters. The molecule has 308 valence electrons. The van der Waals surface area contributed by atoms with Crippen LogP contribution in [0.25, 0.3) is 83.1 Å². The summed E-state index contributed by atoms with van der Waals surface area (Å²) in [6, 6.07) is 88.7. The van der Waals surface area contributed by atoms with Crippen LogP contribution in [0.1, 0.15) is 25.0 Å². The quantitative estimate of drug-likeness (QED) is 0.148. The highest BCUT2D eigenvalue weighted by Gasteiger charge is 2.36. The van der Waals surface area contributed by atoms with Crippen LogP contribution in [-0.4, -0.2) is 4.57 Å². The van der Waals surface area contributed by atoms with Crippen LogP contribution in [0.2, 0.25) is 0 Å². The van der Waals surface area contributed by atoms with Gasteiger partial charge in [-0.05, 0) is 116 Å². The Bertz CT molecular complexity index is 3550. The largest absolute Gasteiger partial charge is 0.310 e. The summed E-state index contributed by atoms with van der Waals surface area (Å²) >= 11 is 0. The molecule has 0 bridgehead atoms. The summed E-state index contributed by atoms with van der Waals surface area (Å²) in [6.45, 7) is 4.74. The number of anilines is 3. The summed E-state index contributed by atoms with van der Waals surface area (Å²) in [6.07, 6.45) is 0. The summed E-state index contributed by atoms with van der Waals surface area (Å²) in [5.74, 6) is 0. The summed E-state index contributed by atoms with van der Waals surface area (Å²) < 4.78 is 2.49. The average Bonchev–Trinajstić information content (AvgIpc) is 3.83. The van der Waals surface area contributed by atoms with Crippen LogP contribution in [0, 0.1) is 0 Å². The highest BCUT2D eigenvalue weighted by molar-refractivity contribution is 6.14. The number of aromatic nitrogens is 1. The van der Waals surface area contributed by atoms with E-state index in [4.69, 9.17) is 0 Å². The van der Waals surface area contributed by atoms with Gasteiger partial charge in [-0.1, -0.05) is 196 Å². The van der Waals surface area contributed by atoms with Gasteiger partial charge in [0.1, 0.15) is 0 Å². The number of nitrogens with zero attached hydrogens (tertiary/aromatic N) is 2. The van der Waals surface area contributed by atoms with E-state index in [9.17, 15) is 0 Å². The number of hydrogen-bond acceptors (Lipinski definition) is 1. The third-order valence-corrected chi connectivity index (χ3v) is 13.6. The zero-order valence-corrected chi connectivity index (χ0v) is 36.5. The lowest BCUT2D eigenvalue weighted by atomic mass is 9.81. The van der Waals surface area contributed by atoms with Gasteiger partial charge in [0.25, 0.3) is 0 Å². The second kappa shape index (κ2) is 15.6. The van der Waals surface area contributed by atoms with Crippen molar-refractivity contribution in [3.8, 4) is 61.3 Å². The molecule has 0 radical (unpaired) electrons. The Morgan fingerprint density at radius 1 is 0.323 bits per heavy atom. The molecule has 2 heteroatoms. The third kappa shape index (κ3) is 6.49. The minimum atomic E-state index is -0.168. The minimum absolute atomic E-state index is 0.168. The van der Waals surface area contributed by atoms with Crippen LogP contribution in [0.15, 0.2) is 243 Å². The monoisotopic (exact) mass is 830 g/mol. The van der Waals surface area contributed by atoms with E-state index in [0.29, 0.717) is 0 Å². The Labute approximate surface area is 381 Å². The molecule has 1 aliphatic carbocycles. The highest BCUT2D eigenvalue weighted by Crippen LogP contribution is 2.52. The van der Waals surface area contributed by atoms with Crippen molar-refractivity contribution >= 4 is 38.9 Å². The lowest BCUT2D eigenvalue weighted by Gasteiger charge is -2.28. The summed E-state index contributed by atoms with van der Waals surface area (Å²) in [5, 5.41) is 2.48. The van der Waals surface area contributed by atoms with Crippen molar-refractivity contribution in [2.45, 2.75) is 19.3 Å². The van der Waals surface area contributed by atoms with Gasteiger partial charge < -0.3 is 9.47 Å². The Morgan fingerprint density at radius 3 is 1.58 bits per heavy atom. The van der Waals surface area contributed by atoms with E-state index < -0.39 is 0 Å². The van der Waals surface area contributed by atoms with Gasteiger partial charge >= 0.3 is 0 Å². The molecule has 1 heterocycles. The van der Waals surface area contributed by atoms with Crippen molar-refractivity contribution in [3.05, 3.63) is 254 Å². The van der Waals surface area contributed by atoms with Crippen LogP contribution < -0.4 is 4.90 Å². The van der Waals surface area contributed by atoms with Crippen molar-refractivity contribution in [1.82, 2.24) is 4.57 Å². The normalized spacial score (nSPS) is 12.6. The van der Waals surface area contributed by atoms with E-state index in [-0.39, 0.29) is 5.41 Å². The van der Waals surface area contributed by atoms with Crippen LogP contribution in [0.4, 0.5) is 17.1 Å². The molecular formula is C63H46N2. The predicted molar refractivity (Wildman–Crippen MR) is 275 cm³/mol. The molecule has 0 saturated carbocycles. The minimum Gasteiger partial charge on any atom is -0.310 e. The van der Waals surface area contributed by atoms with Gasteiger partial charge in [0.15, 0.2) is 0 Å². The van der Waals surface area contributed by atoms with E-state index in [1.807, 2.05) is 0 Å². The Kier molecular flexibility index (Phi) is 9.21. The molecule has 1 aliphatic rings. The molecule has 2 nitrogen and oxygen atoms in total. The van der Waals surface area contributed by atoms with Gasteiger partial charge in [-0.25, -0.2) is 0 Å². The first-order valence-electron chi connectivity index (χ1n) is 22.6. The van der Waals surface area contributed by atoms with Crippen molar-refractivity contribution in [3.63, 3.8) is 0 Å². The number of fused-ring (bicyclic) bond motifs is 6. The van der Waals surface area contributed by atoms with Gasteiger partial charge in [0.05, 0.1) is 16.7 Å². The fourth-order valence-electron chi connectivity index (χ4n) is 10.4. The lowest BCUT2D eigenvalue weighted by molar-refractivity contribution is 0.660. The topological polar surface area (TPSA) is 8.17 Å². The molecule has 65 heavy (non-hydrogen) atoms. The van der Waals surface area contributed by atoms with Gasteiger partial charge in [-0.15, -0.1) is 0 Å². The Morgan fingerprint density at radius 2 is 0.831 bits per heavy atom. The summed E-state index contributed by atoms with van der Waals surface area (Å²) in [7, 11) is 0. The molecule has 12 rings (SSSR count). The van der Waals surface area contributed by atoms with Gasteiger partial charge in [0, 0.05) is 44.4 Å². The number of rotatable bonds is 8. The maximum atomic E-state index is 2.49. The number of benzene rings is 10. The fraction of sp³-hybridized carbons (Fsp3) is 0.0476. The van der Waals surface area contributed by atoms with Crippen molar-refractivity contribution in [1.29, 1.82) is 0 Å². The molecule has 11 aromatic rings. The van der Waals surface area contributed by atoms with Crippen molar-refractivity contribution in [2.75, 3.05) is 4.90 Å². The highest BCUT2D eigenvalue weighted by atomic mass is 15.1. The number of hydrogen-bond donors (Lipinski definition) is 0. The molecular weight excluding hydrogens is 785 g/mol. The molecule has 0 fully saturated rings. The molecule has 1 aromatic heterocycles. The van der Waals surface area contributed by atoms with E-state index in [1.165, 1.54) is 83.0 Å².